The third kappa shape index (κ3) is 3.66. The van der Waals surface area contributed by atoms with Crippen LogP contribution >= 0.6 is 0 Å². The number of aromatic nitrogens is 1. The molecule has 1 unspecified atom stereocenters. The Balaban J connectivity index is 2.45. The van der Waals surface area contributed by atoms with Crippen LogP contribution in [0, 0.1) is 0 Å². The second kappa shape index (κ2) is 4.57. The van der Waals surface area contributed by atoms with Crippen molar-refractivity contribution in [3.8, 4) is 0 Å². The Kier molecular flexibility index (Phi) is 3.40. The summed E-state index contributed by atoms with van der Waals surface area (Å²) in [6.07, 6.45) is 2.16. The minimum absolute atomic E-state index is 0.0173. The van der Waals surface area contributed by atoms with Gasteiger partial charge in [-0.1, -0.05) is 6.07 Å². The van der Waals surface area contributed by atoms with Gasteiger partial charge >= 0.3 is 5.97 Å². The molecule has 1 aromatic heterocycles. The Labute approximate surface area is 76.4 Å². The second-order valence-electron chi connectivity index (χ2n) is 2.88. The highest BCUT2D eigenvalue weighted by molar-refractivity contribution is 5.67. The summed E-state index contributed by atoms with van der Waals surface area (Å²) in [6.45, 7) is 0. The molecule has 1 heterocycles. The average Bonchev–Trinajstić information content (AvgIpc) is 2.04. The van der Waals surface area contributed by atoms with Gasteiger partial charge in [-0.25, -0.2) is 0 Å². The van der Waals surface area contributed by atoms with Crippen LogP contribution in [0.5, 0.6) is 0 Å². The van der Waals surface area contributed by atoms with Crippen molar-refractivity contribution in [2.75, 3.05) is 0 Å². The van der Waals surface area contributed by atoms with Crippen molar-refractivity contribution in [2.24, 2.45) is 5.73 Å². The molecule has 3 N–H and O–H groups in total. The summed E-state index contributed by atoms with van der Waals surface area (Å²) in [7, 11) is 0. The number of carbonyl (C=O) groups is 1. The van der Waals surface area contributed by atoms with Gasteiger partial charge in [0, 0.05) is 24.4 Å². The number of aliphatic carboxylic acids is 1. The van der Waals surface area contributed by atoms with Crippen LogP contribution in [-0.4, -0.2) is 22.1 Å². The molecule has 0 spiro atoms. The quantitative estimate of drug-likeness (QED) is 0.704. The maximum absolute atomic E-state index is 10.3. The first-order valence-corrected chi connectivity index (χ1v) is 4.06. The second-order valence-corrected chi connectivity index (χ2v) is 2.88. The summed E-state index contributed by atoms with van der Waals surface area (Å²) in [6, 6.07) is 5.15. The minimum atomic E-state index is -0.872. The van der Waals surface area contributed by atoms with E-state index in [0.29, 0.717) is 6.42 Å². The molecule has 70 valence electrons. The van der Waals surface area contributed by atoms with Crippen molar-refractivity contribution >= 4 is 5.97 Å². The van der Waals surface area contributed by atoms with Crippen molar-refractivity contribution in [1.82, 2.24) is 4.98 Å². The van der Waals surface area contributed by atoms with Gasteiger partial charge in [0.05, 0.1) is 6.42 Å². The highest BCUT2D eigenvalue weighted by Gasteiger charge is 2.08. The smallest absolute Gasteiger partial charge is 0.304 e. The van der Waals surface area contributed by atoms with E-state index in [1.807, 2.05) is 18.2 Å². The lowest BCUT2D eigenvalue weighted by Crippen LogP contribution is -2.26. The normalized spacial score (nSPS) is 12.4. The molecule has 1 rings (SSSR count). The predicted octanol–water partition coefficient (Wildman–Crippen LogP) is 0.426. The zero-order chi connectivity index (χ0) is 9.68. The van der Waals surface area contributed by atoms with E-state index in [0.717, 1.165) is 5.69 Å². The molecular weight excluding hydrogens is 168 g/mol. The maximum Gasteiger partial charge on any atom is 0.304 e. The van der Waals surface area contributed by atoms with Gasteiger partial charge in [-0.15, -0.1) is 0 Å². The van der Waals surface area contributed by atoms with E-state index in [4.69, 9.17) is 10.8 Å². The standard InChI is InChI=1S/C9H12N2O2/c10-7(6-9(12)13)5-8-3-1-2-4-11-8/h1-4,7H,5-6,10H2,(H,12,13). The van der Waals surface area contributed by atoms with E-state index in [1.165, 1.54) is 0 Å². The molecule has 0 aliphatic rings. The molecule has 1 aromatic rings. The van der Waals surface area contributed by atoms with Gasteiger partial charge in [0.25, 0.3) is 0 Å². The van der Waals surface area contributed by atoms with Crippen molar-refractivity contribution in [2.45, 2.75) is 18.9 Å². The Morgan fingerprint density at radius 1 is 1.62 bits per heavy atom. The van der Waals surface area contributed by atoms with Crippen molar-refractivity contribution in [3.63, 3.8) is 0 Å². The average molecular weight is 180 g/mol. The van der Waals surface area contributed by atoms with E-state index in [2.05, 4.69) is 4.98 Å². The highest BCUT2D eigenvalue weighted by atomic mass is 16.4. The van der Waals surface area contributed by atoms with Gasteiger partial charge in [0.15, 0.2) is 0 Å². The summed E-state index contributed by atoms with van der Waals surface area (Å²) in [5, 5.41) is 8.46. The van der Waals surface area contributed by atoms with Crippen molar-refractivity contribution in [3.05, 3.63) is 30.1 Å². The molecule has 0 aliphatic carbocycles. The number of carboxylic acids is 1. The first-order chi connectivity index (χ1) is 6.18. The van der Waals surface area contributed by atoms with E-state index in [9.17, 15) is 4.79 Å². The van der Waals surface area contributed by atoms with E-state index in [-0.39, 0.29) is 12.5 Å². The van der Waals surface area contributed by atoms with Crippen LogP contribution in [0.15, 0.2) is 24.4 Å². The van der Waals surface area contributed by atoms with E-state index in [1.54, 1.807) is 6.20 Å². The van der Waals surface area contributed by atoms with Gasteiger partial charge in [0.2, 0.25) is 0 Å². The summed E-state index contributed by atoms with van der Waals surface area (Å²) in [5.41, 5.74) is 6.42. The number of hydrogen-bond donors (Lipinski definition) is 2. The van der Waals surface area contributed by atoms with Crippen LogP contribution in [-0.2, 0) is 11.2 Å². The largest absolute Gasteiger partial charge is 0.481 e. The summed E-state index contributed by atoms with van der Waals surface area (Å²) in [4.78, 5) is 14.4. The molecule has 0 aliphatic heterocycles. The first-order valence-electron chi connectivity index (χ1n) is 4.06. The van der Waals surface area contributed by atoms with Crippen LogP contribution in [0.2, 0.25) is 0 Å². The molecule has 4 heteroatoms. The predicted molar refractivity (Wildman–Crippen MR) is 48.2 cm³/mol. The minimum Gasteiger partial charge on any atom is -0.481 e. The van der Waals surface area contributed by atoms with Gasteiger partial charge in [0.1, 0.15) is 0 Å². The van der Waals surface area contributed by atoms with Gasteiger partial charge in [-0.3, -0.25) is 9.78 Å². The summed E-state index contributed by atoms with van der Waals surface area (Å²) < 4.78 is 0. The van der Waals surface area contributed by atoms with Gasteiger partial charge in [-0.05, 0) is 12.1 Å². The number of pyridine rings is 1. The highest BCUT2D eigenvalue weighted by Crippen LogP contribution is 2.00. The maximum atomic E-state index is 10.3. The SMILES string of the molecule is NC(CC(=O)O)Cc1ccccn1. The molecule has 0 radical (unpaired) electrons. The zero-order valence-corrected chi connectivity index (χ0v) is 7.18. The third-order valence-electron chi connectivity index (χ3n) is 1.63. The lowest BCUT2D eigenvalue weighted by molar-refractivity contribution is -0.137. The van der Waals surface area contributed by atoms with Crippen LogP contribution in [0.25, 0.3) is 0 Å². The monoisotopic (exact) mass is 180 g/mol. The van der Waals surface area contributed by atoms with Crippen LogP contribution < -0.4 is 5.73 Å². The van der Waals surface area contributed by atoms with Crippen molar-refractivity contribution < 1.29 is 9.90 Å². The molecule has 4 nitrogen and oxygen atoms in total. The first kappa shape index (κ1) is 9.67. The van der Waals surface area contributed by atoms with Crippen LogP contribution in [0.3, 0.4) is 0 Å². The summed E-state index contributed by atoms with van der Waals surface area (Å²) >= 11 is 0. The van der Waals surface area contributed by atoms with Crippen LogP contribution in [0.4, 0.5) is 0 Å². The molecule has 0 saturated heterocycles. The molecule has 0 fully saturated rings. The molecule has 1 atom stereocenters. The Hall–Kier alpha value is -1.42. The Morgan fingerprint density at radius 2 is 2.38 bits per heavy atom. The molecule has 13 heavy (non-hydrogen) atoms. The fourth-order valence-corrected chi connectivity index (χ4v) is 1.08. The Morgan fingerprint density at radius 3 is 2.92 bits per heavy atom. The topological polar surface area (TPSA) is 76.2 Å². The van der Waals surface area contributed by atoms with Crippen LogP contribution in [0.1, 0.15) is 12.1 Å². The van der Waals surface area contributed by atoms with E-state index < -0.39 is 5.97 Å². The van der Waals surface area contributed by atoms with Crippen molar-refractivity contribution in [1.29, 1.82) is 0 Å². The number of rotatable bonds is 4. The molecule has 0 saturated carbocycles. The Bertz CT molecular complexity index is 274. The number of nitrogens with two attached hydrogens (primary N) is 1. The third-order valence-corrected chi connectivity index (χ3v) is 1.63. The molecule has 0 bridgehead atoms. The number of nitrogens with zero attached hydrogens (tertiary/aromatic N) is 1. The van der Waals surface area contributed by atoms with Gasteiger partial charge in [-0.2, -0.15) is 0 Å². The molecule has 0 amide bonds. The lowest BCUT2D eigenvalue weighted by atomic mass is 10.1. The van der Waals surface area contributed by atoms with E-state index >= 15 is 0 Å². The number of carboxylic acid groups (broad SMARTS) is 1. The molecular formula is C9H12N2O2. The fraction of sp³-hybridized carbons (Fsp3) is 0.333. The lowest BCUT2D eigenvalue weighted by Gasteiger charge is -2.06. The van der Waals surface area contributed by atoms with Gasteiger partial charge < -0.3 is 10.8 Å². The summed E-state index contributed by atoms with van der Waals surface area (Å²) in [5.74, 6) is -0.872. The number of hydrogen-bond acceptors (Lipinski definition) is 3. The fourth-order valence-electron chi connectivity index (χ4n) is 1.08. The molecule has 0 aromatic carbocycles. The zero-order valence-electron chi connectivity index (χ0n) is 7.18.